The van der Waals surface area contributed by atoms with Crippen molar-refractivity contribution in [1.82, 2.24) is 4.98 Å². The van der Waals surface area contributed by atoms with E-state index in [0.29, 0.717) is 11.2 Å². The first-order chi connectivity index (χ1) is 7.00. The number of hydrogen-bond donors (Lipinski definition) is 1. The molecule has 0 unspecified atom stereocenters. The molecular weight excluding hydrogens is 191 g/mol. The van der Waals surface area contributed by atoms with E-state index in [9.17, 15) is 4.39 Å². The Kier molecular flexibility index (Phi) is 2.11. The van der Waals surface area contributed by atoms with Crippen LogP contribution in [0.1, 0.15) is 16.8 Å². The van der Waals surface area contributed by atoms with Crippen LogP contribution in [0.25, 0.3) is 10.9 Å². The summed E-state index contributed by atoms with van der Waals surface area (Å²) in [4.78, 5) is 4.34. The van der Waals surface area contributed by atoms with E-state index in [0.717, 1.165) is 22.2 Å². The first-order valence-electron chi connectivity index (χ1n) is 4.83. The number of nitrogen functional groups attached to an aromatic ring is 1. The van der Waals surface area contributed by atoms with Gasteiger partial charge in [-0.2, -0.15) is 0 Å². The average Bonchev–Trinajstić information content (AvgIpc) is 2.13. The van der Waals surface area contributed by atoms with Gasteiger partial charge in [0.25, 0.3) is 0 Å². The number of halogens is 1. The highest BCUT2D eigenvalue weighted by Gasteiger charge is 2.09. The number of benzene rings is 1. The molecule has 0 aliphatic heterocycles. The molecule has 0 saturated heterocycles. The van der Waals surface area contributed by atoms with Gasteiger partial charge in [0.2, 0.25) is 0 Å². The molecule has 3 heteroatoms. The second kappa shape index (κ2) is 3.19. The van der Waals surface area contributed by atoms with Crippen LogP contribution in [0.15, 0.2) is 12.1 Å². The zero-order valence-electron chi connectivity index (χ0n) is 9.06. The lowest BCUT2D eigenvalue weighted by Gasteiger charge is -2.10. The van der Waals surface area contributed by atoms with E-state index >= 15 is 0 Å². The smallest absolute Gasteiger partial charge is 0.125 e. The summed E-state index contributed by atoms with van der Waals surface area (Å²) in [6.07, 6.45) is 0. The summed E-state index contributed by atoms with van der Waals surface area (Å²) in [5, 5.41) is 0.861. The molecule has 0 bridgehead atoms. The van der Waals surface area contributed by atoms with Gasteiger partial charge in [-0.15, -0.1) is 0 Å². The Bertz CT molecular complexity index is 547. The maximum Gasteiger partial charge on any atom is 0.125 e. The summed E-state index contributed by atoms with van der Waals surface area (Å²) in [6, 6.07) is 2.90. The Morgan fingerprint density at radius 1 is 1.20 bits per heavy atom. The number of fused-ring (bicyclic) bond motifs is 1. The van der Waals surface area contributed by atoms with E-state index in [1.807, 2.05) is 20.8 Å². The van der Waals surface area contributed by atoms with Crippen LogP contribution < -0.4 is 5.73 Å². The molecule has 0 aliphatic carbocycles. The fourth-order valence-electron chi connectivity index (χ4n) is 1.81. The predicted octanol–water partition coefficient (Wildman–Crippen LogP) is 2.88. The van der Waals surface area contributed by atoms with Gasteiger partial charge >= 0.3 is 0 Å². The molecule has 2 rings (SSSR count). The fraction of sp³-hybridized carbons (Fsp3) is 0.250. The summed E-state index contributed by atoms with van der Waals surface area (Å²) in [7, 11) is 0. The van der Waals surface area contributed by atoms with Crippen LogP contribution in [0.4, 0.5) is 10.1 Å². The Labute approximate surface area is 87.9 Å². The van der Waals surface area contributed by atoms with Gasteiger partial charge in [-0.05, 0) is 38.0 Å². The summed E-state index contributed by atoms with van der Waals surface area (Å²) in [6.45, 7) is 5.66. The van der Waals surface area contributed by atoms with E-state index in [1.54, 1.807) is 0 Å². The topological polar surface area (TPSA) is 38.9 Å². The van der Waals surface area contributed by atoms with Crippen molar-refractivity contribution in [3.05, 3.63) is 34.8 Å². The molecule has 2 N–H and O–H groups in total. The number of aromatic nitrogens is 1. The fourth-order valence-corrected chi connectivity index (χ4v) is 1.81. The standard InChI is InChI=1S/C12H13FN2/c1-6-4-9(13)5-10-11(6)12(14)7(2)8(3)15-10/h4-5H,1-3H3,(H2,14,15). The van der Waals surface area contributed by atoms with Gasteiger partial charge in [0, 0.05) is 22.8 Å². The number of anilines is 1. The second-order valence-corrected chi connectivity index (χ2v) is 3.85. The van der Waals surface area contributed by atoms with Crippen molar-refractivity contribution in [1.29, 1.82) is 0 Å². The molecule has 78 valence electrons. The number of rotatable bonds is 0. The minimum atomic E-state index is -0.268. The molecule has 0 spiro atoms. The zero-order valence-corrected chi connectivity index (χ0v) is 9.06. The van der Waals surface area contributed by atoms with Gasteiger partial charge in [0.15, 0.2) is 0 Å². The van der Waals surface area contributed by atoms with Gasteiger partial charge < -0.3 is 5.73 Å². The molecule has 1 aromatic heterocycles. The third-order valence-corrected chi connectivity index (χ3v) is 2.78. The molecular formula is C12H13FN2. The lowest BCUT2D eigenvalue weighted by atomic mass is 10.0. The van der Waals surface area contributed by atoms with Gasteiger partial charge in [-0.25, -0.2) is 4.39 Å². The zero-order chi connectivity index (χ0) is 11.2. The number of nitrogens with two attached hydrogens (primary N) is 1. The van der Waals surface area contributed by atoms with Gasteiger partial charge in [0.1, 0.15) is 5.82 Å². The molecule has 1 heterocycles. The molecule has 2 aromatic rings. The highest BCUT2D eigenvalue weighted by molar-refractivity contribution is 5.94. The number of nitrogens with zero attached hydrogens (tertiary/aromatic N) is 1. The molecule has 0 fully saturated rings. The first kappa shape index (κ1) is 9.90. The van der Waals surface area contributed by atoms with Crippen molar-refractivity contribution in [2.45, 2.75) is 20.8 Å². The van der Waals surface area contributed by atoms with Crippen molar-refractivity contribution >= 4 is 16.6 Å². The summed E-state index contributed by atoms with van der Waals surface area (Å²) < 4.78 is 13.2. The highest BCUT2D eigenvalue weighted by atomic mass is 19.1. The Morgan fingerprint density at radius 3 is 2.53 bits per heavy atom. The molecule has 2 nitrogen and oxygen atoms in total. The van der Waals surface area contributed by atoms with Crippen LogP contribution in [0, 0.1) is 26.6 Å². The van der Waals surface area contributed by atoms with Crippen molar-refractivity contribution in [2.75, 3.05) is 5.73 Å². The first-order valence-corrected chi connectivity index (χ1v) is 4.83. The van der Waals surface area contributed by atoms with Crippen LogP contribution >= 0.6 is 0 Å². The van der Waals surface area contributed by atoms with E-state index in [2.05, 4.69) is 4.98 Å². The number of pyridine rings is 1. The molecule has 0 aliphatic rings. The largest absolute Gasteiger partial charge is 0.398 e. The SMILES string of the molecule is Cc1nc2cc(F)cc(C)c2c(N)c1C. The van der Waals surface area contributed by atoms with Crippen LogP contribution in [0.2, 0.25) is 0 Å². The Hall–Kier alpha value is -1.64. The normalized spacial score (nSPS) is 10.9. The monoisotopic (exact) mass is 204 g/mol. The highest BCUT2D eigenvalue weighted by Crippen LogP contribution is 2.28. The summed E-state index contributed by atoms with van der Waals surface area (Å²) in [5.74, 6) is -0.268. The van der Waals surface area contributed by atoms with Crippen molar-refractivity contribution in [2.24, 2.45) is 0 Å². The van der Waals surface area contributed by atoms with Gasteiger partial charge in [-0.3, -0.25) is 4.98 Å². The molecule has 1 aromatic carbocycles. The second-order valence-electron chi connectivity index (χ2n) is 3.85. The van der Waals surface area contributed by atoms with Crippen molar-refractivity contribution < 1.29 is 4.39 Å². The molecule has 0 saturated carbocycles. The third-order valence-electron chi connectivity index (χ3n) is 2.78. The Balaban J connectivity index is 2.99. The number of hydrogen-bond acceptors (Lipinski definition) is 2. The summed E-state index contributed by atoms with van der Waals surface area (Å²) >= 11 is 0. The third kappa shape index (κ3) is 1.44. The van der Waals surface area contributed by atoms with Crippen LogP contribution in [0.5, 0.6) is 0 Å². The molecule has 15 heavy (non-hydrogen) atoms. The Morgan fingerprint density at radius 2 is 1.87 bits per heavy atom. The van der Waals surface area contributed by atoms with Crippen LogP contribution in [-0.4, -0.2) is 4.98 Å². The maximum atomic E-state index is 13.2. The van der Waals surface area contributed by atoms with Gasteiger partial charge in [-0.1, -0.05) is 0 Å². The van der Waals surface area contributed by atoms with E-state index in [-0.39, 0.29) is 5.82 Å². The molecule has 0 amide bonds. The van der Waals surface area contributed by atoms with Crippen LogP contribution in [0.3, 0.4) is 0 Å². The minimum Gasteiger partial charge on any atom is -0.398 e. The maximum absolute atomic E-state index is 13.2. The van der Waals surface area contributed by atoms with E-state index in [4.69, 9.17) is 5.73 Å². The number of aryl methyl sites for hydroxylation is 2. The average molecular weight is 204 g/mol. The van der Waals surface area contributed by atoms with Crippen LogP contribution in [-0.2, 0) is 0 Å². The lowest BCUT2D eigenvalue weighted by Crippen LogP contribution is -1.99. The van der Waals surface area contributed by atoms with Crippen molar-refractivity contribution in [3.63, 3.8) is 0 Å². The molecule has 0 radical (unpaired) electrons. The van der Waals surface area contributed by atoms with E-state index in [1.165, 1.54) is 12.1 Å². The van der Waals surface area contributed by atoms with E-state index < -0.39 is 0 Å². The van der Waals surface area contributed by atoms with Crippen molar-refractivity contribution in [3.8, 4) is 0 Å². The lowest BCUT2D eigenvalue weighted by molar-refractivity contribution is 0.628. The predicted molar refractivity (Wildman–Crippen MR) is 60.3 cm³/mol. The minimum absolute atomic E-state index is 0.268. The molecule has 0 atom stereocenters. The summed E-state index contributed by atoms with van der Waals surface area (Å²) in [5.41, 5.74) is 10.00. The van der Waals surface area contributed by atoms with Gasteiger partial charge in [0.05, 0.1) is 5.52 Å². The quantitative estimate of drug-likeness (QED) is 0.716.